The Balaban J connectivity index is 1.29. The Kier molecular flexibility index (Phi) is 4.75. The topological polar surface area (TPSA) is 59.3 Å². The normalized spacial score (nSPS) is 11.2. The van der Waals surface area contributed by atoms with Crippen molar-refractivity contribution in [3.63, 3.8) is 0 Å². The quantitative estimate of drug-likeness (QED) is 0.385. The van der Waals surface area contributed by atoms with E-state index >= 15 is 0 Å². The summed E-state index contributed by atoms with van der Waals surface area (Å²) in [6.07, 6.45) is 0. The molecule has 1 N–H and O–H groups in total. The Morgan fingerprint density at radius 1 is 0.931 bits per heavy atom. The fourth-order valence-corrected chi connectivity index (χ4v) is 5.00. The standard InChI is InChI=1S/C22H16N4OS2/c27-20(23-17-6-2-1-3-7-17)16-12-10-15(11-13-16)14-28-21-24-25-22-26(21)18-8-4-5-9-19(18)29-22/h1-13H,14H2,(H,23,27). The Morgan fingerprint density at radius 2 is 1.69 bits per heavy atom. The van der Waals surface area contributed by atoms with E-state index in [1.807, 2.05) is 66.7 Å². The summed E-state index contributed by atoms with van der Waals surface area (Å²) in [6, 6.07) is 25.4. The molecule has 142 valence electrons. The molecule has 29 heavy (non-hydrogen) atoms. The SMILES string of the molecule is O=C(Nc1ccccc1)c1ccc(CSc2nnc3sc4ccccc4n23)cc1. The number of anilines is 1. The van der Waals surface area contributed by atoms with Crippen LogP contribution in [0.4, 0.5) is 5.69 Å². The first-order chi connectivity index (χ1) is 14.3. The third kappa shape index (κ3) is 3.62. The van der Waals surface area contributed by atoms with E-state index in [2.05, 4.69) is 32.0 Å². The van der Waals surface area contributed by atoms with Crippen LogP contribution in [-0.2, 0) is 5.75 Å². The van der Waals surface area contributed by atoms with Crippen molar-refractivity contribution in [2.75, 3.05) is 5.32 Å². The summed E-state index contributed by atoms with van der Waals surface area (Å²) >= 11 is 3.28. The minimum Gasteiger partial charge on any atom is -0.322 e. The molecule has 0 unspecified atom stereocenters. The highest BCUT2D eigenvalue weighted by Gasteiger charge is 2.13. The van der Waals surface area contributed by atoms with Crippen molar-refractivity contribution in [2.45, 2.75) is 10.9 Å². The van der Waals surface area contributed by atoms with Crippen LogP contribution in [0.5, 0.6) is 0 Å². The van der Waals surface area contributed by atoms with Gasteiger partial charge in [0.2, 0.25) is 4.96 Å². The molecule has 0 aliphatic carbocycles. The van der Waals surface area contributed by atoms with Gasteiger partial charge in [-0.15, -0.1) is 10.2 Å². The zero-order chi connectivity index (χ0) is 19.6. The van der Waals surface area contributed by atoms with Gasteiger partial charge >= 0.3 is 0 Å². The van der Waals surface area contributed by atoms with Gasteiger partial charge in [0.1, 0.15) is 0 Å². The summed E-state index contributed by atoms with van der Waals surface area (Å²) in [6.45, 7) is 0. The van der Waals surface area contributed by atoms with Crippen LogP contribution in [0, 0.1) is 0 Å². The first-order valence-electron chi connectivity index (χ1n) is 9.09. The van der Waals surface area contributed by atoms with Gasteiger partial charge in [0.25, 0.3) is 5.91 Å². The van der Waals surface area contributed by atoms with E-state index in [4.69, 9.17) is 0 Å². The second-order valence-electron chi connectivity index (χ2n) is 6.48. The van der Waals surface area contributed by atoms with Crippen molar-refractivity contribution in [3.05, 3.63) is 90.0 Å². The van der Waals surface area contributed by atoms with Crippen LogP contribution in [0.1, 0.15) is 15.9 Å². The van der Waals surface area contributed by atoms with Gasteiger partial charge in [0.05, 0.1) is 10.2 Å². The predicted molar refractivity (Wildman–Crippen MR) is 119 cm³/mol. The third-order valence-corrected chi connectivity index (χ3v) is 6.54. The lowest BCUT2D eigenvalue weighted by Gasteiger charge is -2.06. The molecule has 2 heterocycles. The number of para-hydroxylation sites is 2. The number of thiazole rings is 1. The highest BCUT2D eigenvalue weighted by atomic mass is 32.2. The molecule has 7 heteroatoms. The number of carbonyl (C=O) groups is 1. The molecular formula is C22H16N4OS2. The van der Waals surface area contributed by atoms with Gasteiger partial charge in [-0.3, -0.25) is 9.20 Å². The summed E-state index contributed by atoms with van der Waals surface area (Å²) in [5.41, 5.74) is 3.68. The van der Waals surface area contributed by atoms with Gasteiger partial charge in [-0.05, 0) is 42.0 Å². The van der Waals surface area contributed by atoms with E-state index in [9.17, 15) is 4.79 Å². The molecule has 0 aliphatic heterocycles. The summed E-state index contributed by atoms with van der Waals surface area (Å²) in [4.78, 5) is 13.3. The van der Waals surface area contributed by atoms with Gasteiger partial charge in [0.15, 0.2) is 5.16 Å². The number of hydrogen-bond acceptors (Lipinski definition) is 5. The van der Waals surface area contributed by atoms with E-state index in [-0.39, 0.29) is 5.91 Å². The van der Waals surface area contributed by atoms with E-state index in [0.29, 0.717) is 5.56 Å². The molecule has 0 bridgehead atoms. The molecule has 2 aromatic heterocycles. The summed E-state index contributed by atoms with van der Waals surface area (Å²) in [5, 5.41) is 12.4. The molecule has 5 aromatic rings. The summed E-state index contributed by atoms with van der Waals surface area (Å²) in [5.74, 6) is 0.644. The van der Waals surface area contributed by atoms with Crippen molar-refractivity contribution in [3.8, 4) is 0 Å². The van der Waals surface area contributed by atoms with Crippen LogP contribution >= 0.6 is 23.1 Å². The van der Waals surface area contributed by atoms with Crippen molar-refractivity contribution in [1.82, 2.24) is 14.6 Å². The Hall–Kier alpha value is -3.16. The van der Waals surface area contributed by atoms with E-state index in [1.54, 1.807) is 23.1 Å². The molecular weight excluding hydrogens is 400 g/mol. The maximum Gasteiger partial charge on any atom is 0.255 e. The van der Waals surface area contributed by atoms with E-state index in [1.165, 1.54) is 4.70 Å². The third-order valence-electron chi connectivity index (χ3n) is 4.53. The average Bonchev–Trinajstić information content (AvgIpc) is 3.33. The second-order valence-corrected chi connectivity index (χ2v) is 8.43. The van der Waals surface area contributed by atoms with Crippen molar-refractivity contribution in [1.29, 1.82) is 0 Å². The smallest absolute Gasteiger partial charge is 0.255 e. The molecule has 1 amide bonds. The molecule has 5 nitrogen and oxygen atoms in total. The van der Waals surface area contributed by atoms with Gasteiger partial charge in [-0.1, -0.05) is 65.6 Å². The molecule has 0 saturated heterocycles. The number of benzene rings is 3. The van der Waals surface area contributed by atoms with Gasteiger partial charge < -0.3 is 5.32 Å². The Morgan fingerprint density at radius 3 is 2.52 bits per heavy atom. The predicted octanol–water partition coefficient (Wildman–Crippen LogP) is 5.49. The summed E-state index contributed by atoms with van der Waals surface area (Å²) in [7, 11) is 0. The maximum absolute atomic E-state index is 12.4. The van der Waals surface area contributed by atoms with E-state index < -0.39 is 0 Å². The van der Waals surface area contributed by atoms with Crippen LogP contribution < -0.4 is 5.32 Å². The first-order valence-corrected chi connectivity index (χ1v) is 10.9. The highest BCUT2D eigenvalue weighted by molar-refractivity contribution is 7.98. The molecule has 5 rings (SSSR count). The fraction of sp³-hybridized carbons (Fsp3) is 0.0455. The highest BCUT2D eigenvalue weighted by Crippen LogP contribution is 2.30. The largest absolute Gasteiger partial charge is 0.322 e. The lowest BCUT2D eigenvalue weighted by atomic mass is 10.1. The number of fused-ring (bicyclic) bond motifs is 3. The number of thioether (sulfide) groups is 1. The minimum atomic E-state index is -0.112. The van der Waals surface area contributed by atoms with Crippen LogP contribution in [-0.4, -0.2) is 20.5 Å². The molecule has 0 saturated carbocycles. The number of hydrogen-bond donors (Lipinski definition) is 1. The Bertz CT molecular complexity index is 1290. The molecule has 0 aliphatic rings. The molecule has 0 radical (unpaired) electrons. The zero-order valence-electron chi connectivity index (χ0n) is 15.3. The fourth-order valence-electron chi connectivity index (χ4n) is 3.07. The Labute approximate surface area is 175 Å². The number of nitrogens with zero attached hydrogens (tertiary/aromatic N) is 3. The van der Waals surface area contributed by atoms with Crippen LogP contribution in [0.15, 0.2) is 84.0 Å². The number of aromatic nitrogens is 3. The van der Waals surface area contributed by atoms with Gasteiger partial charge in [-0.2, -0.15) is 0 Å². The average molecular weight is 417 g/mol. The second kappa shape index (κ2) is 7.69. The zero-order valence-corrected chi connectivity index (χ0v) is 16.9. The lowest BCUT2D eigenvalue weighted by Crippen LogP contribution is -2.11. The van der Waals surface area contributed by atoms with Crippen molar-refractivity contribution >= 4 is 49.9 Å². The van der Waals surface area contributed by atoms with Crippen LogP contribution in [0.3, 0.4) is 0 Å². The molecule has 0 spiro atoms. The number of rotatable bonds is 5. The minimum absolute atomic E-state index is 0.112. The number of carbonyl (C=O) groups excluding carboxylic acids is 1. The van der Waals surface area contributed by atoms with Crippen LogP contribution in [0.2, 0.25) is 0 Å². The van der Waals surface area contributed by atoms with Gasteiger partial charge in [0, 0.05) is 17.0 Å². The van der Waals surface area contributed by atoms with Crippen LogP contribution in [0.25, 0.3) is 15.2 Å². The summed E-state index contributed by atoms with van der Waals surface area (Å²) < 4.78 is 3.31. The van der Waals surface area contributed by atoms with Gasteiger partial charge in [-0.25, -0.2) is 0 Å². The van der Waals surface area contributed by atoms with Crippen molar-refractivity contribution in [2.24, 2.45) is 0 Å². The number of amides is 1. The molecule has 0 atom stereocenters. The molecule has 3 aromatic carbocycles. The maximum atomic E-state index is 12.4. The van der Waals surface area contributed by atoms with Crippen molar-refractivity contribution < 1.29 is 4.79 Å². The monoisotopic (exact) mass is 416 g/mol. The lowest BCUT2D eigenvalue weighted by molar-refractivity contribution is 0.102. The first kappa shape index (κ1) is 17.9. The van der Waals surface area contributed by atoms with E-state index in [0.717, 1.165) is 32.6 Å². The number of nitrogens with one attached hydrogen (secondary N) is 1. The molecule has 0 fully saturated rings.